The molecule has 0 spiro atoms. The minimum atomic E-state index is -0.429. The van der Waals surface area contributed by atoms with E-state index >= 15 is 0 Å². The summed E-state index contributed by atoms with van der Waals surface area (Å²) in [6, 6.07) is 20.6. The second-order valence-electron chi connectivity index (χ2n) is 10.1. The van der Waals surface area contributed by atoms with Gasteiger partial charge in [0.15, 0.2) is 0 Å². The van der Waals surface area contributed by atoms with Crippen molar-refractivity contribution in [3.8, 4) is 0 Å². The fraction of sp³-hybridized carbons (Fsp3) is 0.344. The van der Waals surface area contributed by atoms with E-state index in [9.17, 15) is 14.9 Å². The van der Waals surface area contributed by atoms with E-state index in [1.807, 2.05) is 6.07 Å². The van der Waals surface area contributed by atoms with Crippen LogP contribution < -0.4 is 0 Å². The number of aryl methyl sites for hydroxylation is 1. The van der Waals surface area contributed by atoms with Crippen LogP contribution in [0.1, 0.15) is 58.3 Å². The Morgan fingerprint density at radius 2 is 1.43 bits per heavy atom. The Balaban J connectivity index is 1.28. The van der Waals surface area contributed by atoms with Crippen LogP contribution in [-0.2, 0) is 16.1 Å². The van der Waals surface area contributed by atoms with Crippen molar-refractivity contribution in [2.45, 2.75) is 64.8 Å². The first-order valence-electron chi connectivity index (χ1n) is 13.9. The zero-order valence-corrected chi connectivity index (χ0v) is 23.1. The molecule has 4 rings (SSSR count). The summed E-state index contributed by atoms with van der Waals surface area (Å²) in [6.45, 7) is 6.70. The second-order valence-corrected chi connectivity index (χ2v) is 10.1. The van der Waals surface area contributed by atoms with Gasteiger partial charge in [0.25, 0.3) is 5.69 Å². The van der Waals surface area contributed by atoms with E-state index < -0.39 is 4.92 Å². The van der Waals surface area contributed by atoms with Crippen LogP contribution in [0, 0.1) is 10.1 Å². The highest BCUT2D eigenvalue weighted by atomic mass is 16.6. The van der Waals surface area contributed by atoms with Crippen molar-refractivity contribution >= 4 is 44.8 Å². The van der Waals surface area contributed by atoms with Gasteiger partial charge in [-0.1, -0.05) is 63.3 Å². The summed E-state index contributed by atoms with van der Waals surface area (Å²) in [7, 11) is 0. The minimum Gasteiger partial charge on any atom is -0.462 e. The lowest BCUT2D eigenvalue weighted by Gasteiger charge is -2.08. The highest BCUT2D eigenvalue weighted by Crippen LogP contribution is 2.33. The number of rotatable bonds is 15. The van der Waals surface area contributed by atoms with Gasteiger partial charge in [0.1, 0.15) is 0 Å². The van der Waals surface area contributed by atoms with Crippen molar-refractivity contribution in [3.05, 3.63) is 89.0 Å². The lowest BCUT2D eigenvalue weighted by molar-refractivity contribution is -0.384. The van der Waals surface area contributed by atoms with E-state index in [0.717, 1.165) is 36.9 Å². The number of aromatic nitrogens is 1. The van der Waals surface area contributed by atoms with E-state index in [0.29, 0.717) is 17.9 Å². The summed E-state index contributed by atoms with van der Waals surface area (Å²) in [6.07, 6.45) is 9.12. The summed E-state index contributed by atoms with van der Waals surface area (Å²) in [5.74, 6) is -0.297. The first-order valence-corrected chi connectivity index (χ1v) is 13.9. The summed E-state index contributed by atoms with van der Waals surface area (Å²) < 4.78 is 7.53. The molecule has 8 heteroatoms. The number of carbonyl (C=O) groups excluding carboxylic acids is 1. The third-order valence-corrected chi connectivity index (χ3v) is 6.96. The number of benzene rings is 3. The van der Waals surface area contributed by atoms with Crippen LogP contribution in [0.3, 0.4) is 0 Å². The molecular weight excluding hydrogens is 504 g/mol. The zero-order chi connectivity index (χ0) is 28.3. The van der Waals surface area contributed by atoms with Crippen molar-refractivity contribution < 1.29 is 14.5 Å². The fourth-order valence-corrected chi connectivity index (χ4v) is 4.82. The molecule has 3 aromatic carbocycles. The lowest BCUT2D eigenvalue weighted by atomic mass is 10.1. The smallest absolute Gasteiger partial charge is 0.333 e. The molecule has 0 bridgehead atoms. The van der Waals surface area contributed by atoms with Crippen LogP contribution in [-0.4, -0.2) is 22.1 Å². The van der Waals surface area contributed by atoms with Gasteiger partial charge in [-0.2, -0.15) is 10.2 Å². The van der Waals surface area contributed by atoms with Gasteiger partial charge in [-0.3, -0.25) is 10.1 Å². The predicted molar refractivity (Wildman–Crippen MR) is 159 cm³/mol. The molecule has 208 valence electrons. The number of hydrogen-bond acceptors (Lipinski definition) is 6. The third-order valence-electron chi connectivity index (χ3n) is 6.96. The molecule has 0 N–H and O–H groups in total. The maximum Gasteiger partial charge on any atom is 0.333 e. The summed E-state index contributed by atoms with van der Waals surface area (Å²) in [5, 5.41) is 21.8. The molecule has 4 aromatic rings. The number of fused-ring (bicyclic) bond motifs is 3. The van der Waals surface area contributed by atoms with Crippen molar-refractivity contribution in [2.24, 2.45) is 10.2 Å². The van der Waals surface area contributed by atoms with Crippen LogP contribution in [0.4, 0.5) is 17.1 Å². The number of azo groups is 1. The zero-order valence-electron chi connectivity index (χ0n) is 23.1. The maximum absolute atomic E-state index is 11.4. The number of nitrogens with zero attached hydrogens (tertiary/aromatic N) is 4. The Kier molecular flexibility index (Phi) is 10.2. The monoisotopic (exact) mass is 540 g/mol. The largest absolute Gasteiger partial charge is 0.462 e. The van der Waals surface area contributed by atoms with E-state index in [2.05, 4.69) is 57.8 Å². The molecule has 40 heavy (non-hydrogen) atoms. The number of para-hydroxylation sites is 1. The highest BCUT2D eigenvalue weighted by molar-refractivity contribution is 6.08. The van der Waals surface area contributed by atoms with Gasteiger partial charge in [0.2, 0.25) is 0 Å². The van der Waals surface area contributed by atoms with E-state index in [-0.39, 0.29) is 11.7 Å². The molecule has 1 aromatic heterocycles. The topological polar surface area (TPSA) is 99.1 Å². The summed E-state index contributed by atoms with van der Waals surface area (Å²) in [5.41, 5.74) is 4.19. The molecular formula is C32H36N4O4. The molecule has 0 saturated carbocycles. The first kappa shape index (κ1) is 28.7. The molecule has 8 nitrogen and oxygen atoms in total. The normalized spacial score (nSPS) is 11.4. The quantitative estimate of drug-likeness (QED) is 0.0374. The summed E-state index contributed by atoms with van der Waals surface area (Å²) >= 11 is 0. The number of unbranched alkanes of at least 4 members (excludes halogenated alkanes) is 7. The Labute approximate surface area is 234 Å². The van der Waals surface area contributed by atoms with Crippen molar-refractivity contribution in [1.82, 2.24) is 4.57 Å². The summed E-state index contributed by atoms with van der Waals surface area (Å²) in [4.78, 5) is 21.8. The number of nitro groups is 1. The third kappa shape index (κ3) is 7.62. The van der Waals surface area contributed by atoms with Crippen LogP contribution in [0.5, 0.6) is 0 Å². The molecule has 0 unspecified atom stereocenters. The minimum absolute atomic E-state index is 0.0314. The van der Waals surface area contributed by atoms with Gasteiger partial charge in [0.05, 0.1) is 22.9 Å². The van der Waals surface area contributed by atoms with Crippen LogP contribution in [0.15, 0.2) is 89.1 Å². The number of non-ortho nitro benzene ring substituents is 1. The standard InChI is InChI=1S/C32H36N4O4/c1-24(2)32(37)40-22-12-8-6-4-3-5-7-11-21-35-30-14-10-9-13-28(30)29-23-26(17-20-31(29)35)34-33-25-15-18-27(19-16-25)36(38)39/h9-10,13-20,23H,1,3-8,11-12,21-22H2,2H3. The van der Waals surface area contributed by atoms with Crippen LogP contribution in [0.2, 0.25) is 0 Å². The molecule has 0 aliphatic carbocycles. The predicted octanol–water partition coefficient (Wildman–Crippen LogP) is 9.36. The number of esters is 1. The Morgan fingerprint density at radius 3 is 2.12 bits per heavy atom. The van der Waals surface area contributed by atoms with Crippen LogP contribution >= 0.6 is 0 Å². The molecule has 0 aliphatic heterocycles. The molecule has 1 heterocycles. The highest BCUT2D eigenvalue weighted by Gasteiger charge is 2.11. The lowest BCUT2D eigenvalue weighted by Crippen LogP contribution is -2.05. The maximum atomic E-state index is 11.4. The average Bonchev–Trinajstić information content (AvgIpc) is 3.27. The number of carbonyl (C=O) groups is 1. The van der Waals surface area contributed by atoms with Gasteiger partial charge in [-0.25, -0.2) is 4.79 Å². The number of ether oxygens (including phenoxy) is 1. The molecule has 0 aliphatic rings. The SMILES string of the molecule is C=C(C)C(=O)OCCCCCCCCCCn1c2ccccc2c2cc(N=Nc3ccc([N+](=O)[O-])cc3)ccc21. The number of nitro benzene ring substituents is 1. The van der Waals surface area contributed by atoms with Gasteiger partial charge in [0, 0.05) is 46.1 Å². The molecule has 0 fully saturated rings. The van der Waals surface area contributed by atoms with Crippen molar-refractivity contribution in [1.29, 1.82) is 0 Å². The van der Waals surface area contributed by atoms with Crippen molar-refractivity contribution in [3.63, 3.8) is 0 Å². The van der Waals surface area contributed by atoms with E-state index in [1.54, 1.807) is 19.1 Å². The van der Waals surface area contributed by atoms with Gasteiger partial charge in [-0.15, -0.1) is 0 Å². The number of hydrogen-bond donors (Lipinski definition) is 0. The van der Waals surface area contributed by atoms with Gasteiger partial charge in [-0.05, 0) is 56.2 Å². The second kappa shape index (κ2) is 14.2. The molecule has 0 atom stereocenters. The first-order chi connectivity index (χ1) is 19.4. The van der Waals surface area contributed by atoms with Gasteiger partial charge < -0.3 is 9.30 Å². The van der Waals surface area contributed by atoms with Crippen molar-refractivity contribution in [2.75, 3.05) is 6.61 Å². The molecule has 0 amide bonds. The van der Waals surface area contributed by atoms with Gasteiger partial charge >= 0.3 is 5.97 Å². The average molecular weight is 541 g/mol. The van der Waals surface area contributed by atoms with E-state index in [1.165, 1.54) is 60.7 Å². The Hall–Kier alpha value is -4.33. The van der Waals surface area contributed by atoms with Crippen LogP contribution in [0.25, 0.3) is 21.8 Å². The molecule has 0 saturated heterocycles. The fourth-order valence-electron chi connectivity index (χ4n) is 4.82. The Bertz CT molecular complexity index is 1500. The molecule has 0 radical (unpaired) electrons. The Morgan fingerprint density at radius 1 is 0.825 bits per heavy atom. The van der Waals surface area contributed by atoms with E-state index in [4.69, 9.17) is 4.74 Å².